The average Bonchev–Trinajstić information content (AvgIpc) is 3.21. The van der Waals surface area contributed by atoms with E-state index in [9.17, 15) is 9.59 Å². The fourth-order valence-electron chi connectivity index (χ4n) is 3.32. The summed E-state index contributed by atoms with van der Waals surface area (Å²) in [5.74, 6) is 0.623. The topological polar surface area (TPSA) is 88.9 Å². The Balaban J connectivity index is 1.71. The van der Waals surface area contributed by atoms with Gasteiger partial charge in [-0.15, -0.1) is 10.2 Å². The molecule has 1 atom stereocenters. The van der Waals surface area contributed by atoms with Gasteiger partial charge in [-0.25, -0.2) is 0 Å². The van der Waals surface area contributed by atoms with Crippen LogP contribution in [0.15, 0.2) is 53.7 Å². The highest BCUT2D eigenvalue weighted by Crippen LogP contribution is 2.26. The van der Waals surface area contributed by atoms with Crippen LogP contribution < -0.4 is 10.6 Å². The van der Waals surface area contributed by atoms with Crippen molar-refractivity contribution >= 4 is 40.9 Å². The molecule has 1 aromatic heterocycles. The number of carbonyl (C=O) groups excluding carboxylic acids is 2. The number of aromatic nitrogens is 3. The first-order chi connectivity index (χ1) is 15.8. The second-order valence-corrected chi connectivity index (χ2v) is 9.32. The van der Waals surface area contributed by atoms with Crippen LogP contribution in [0.4, 0.5) is 5.69 Å². The highest BCUT2D eigenvalue weighted by molar-refractivity contribution is 7.99. The molecule has 174 valence electrons. The Morgan fingerprint density at radius 3 is 2.52 bits per heavy atom. The lowest BCUT2D eigenvalue weighted by molar-refractivity contribution is -0.113. The van der Waals surface area contributed by atoms with E-state index in [0.29, 0.717) is 33.8 Å². The van der Waals surface area contributed by atoms with E-state index in [1.54, 1.807) is 24.3 Å². The molecule has 3 aromatic rings. The zero-order valence-electron chi connectivity index (χ0n) is 19.1. The van der Waals surface area contributed by atoms with E-state index in [1.165, 1.54) is 11.8 Å². The van der Waals surface area contributed by atoms with Crippen LogP contribution in [-0.2, 0) is 11.3 Å². The van der Waals surface area contributed by atoms with E-state index in [-0.39, 0.29) is 29.5 Å². The highest BCUT2D eigenvalue weighted by Gasteiger charge is 2.26. The summed E-state index contributed by atoms with van der Waals surface area (Å²) in [6.45, 7) is 8.57. The molecule has 0 unspecified atom stereocenters. The number of hydrogen-bond donors (Lipinski definition) is 2. The fourth-order valence-corrected chi connectivity index (χ4v) is 4.30. The number of amides is 2. The predicted octanol–water partition coefficient (Wildman–Crippen LogP) is 5.12. The molecule has 9 heteroatoms. The molecule has 0 saturated heterocycles. The number of nitrogens with one attached hydrogen (secondary N) is 2. The lowest BCUT2D eigenvalue weighted by Crippen LogP contribution is -2.33. The van der Waals surface area contributed by atoms with Crippen LogP contribution in [0.25, 0.3) is 0 Å². The number of rotatable bonds is 9. The van der Waals surface area contributed by atoms with Crippen LogP contribution in [0.5, 0.6) is 0 Å². The lowest BCUT2D eigenvalue weighted by Gasteiger charge is -2.22. The number of aryl methyl sites for hydroxylation is 1. The number of halogens is 1. The minimum absolute atomic E-state index is 0.0964. The van der Waals surface area contributed by atoms with E-state index in [0.717, 1.165) is 5.56 Å². The number of benzene rings is 2. The average molecular weight is 486 g/mol. The summed E-state index contributed by atoms with van der Waals surface area (Å²) in [5, 5.41) is 15.8. The molecule has 0 fully saturated rings. The van der Waals surface area contributed by atoms with E-state index in [4.69, 9.17) is 11.6 Å². The van der Waals surface area contributed by atoms with Crippen LogP contribution in [0.1, 0.15) is 48.6 Å². The minimum Gasteiger partial charge on any atom is -0.342 e. The molecule has 2 aromatic carbocycles. The Morgan fingerprint density at radius 2 is 1.85 bits per heavy atom. The van der Waals surface area contributed by atoms with Gasteiger partial charge >= 0.3 is 0 Å². The van der Waals surface area contributed by atoms with Crippen LogP contribution >= 0.6 is 23.4 Å². The number of thioether (sulfide) groups is 1. The molecule has 33 heavy (non-hydrogen) atoms. The molecule has 0 bridgehead atoms. The summed E-state index contributed by atoms with van der Waals surface area (Å²) < 4.78 is 1.94. The van der Waals surface area contributed by atoms with Crippen molar-refractivity contribution in [2.45, 2.75) is 45.4 Å². The van der Waals surface area contributed by atoms with Crippen molar-refractivity contribution in [1.82, 2.24) is 20.1 Å². The van der Waals surface area contributed by atoms with Crippen molar-refractivity contribution < 1.29 is 9.59 Å². The largest absolute Gasteiger partial charge is 0.342 e. The van der Waals surface area contributed by atoms with E-state index >= 15 is 0 Å². The molecule has 0 aliphatic rings. The third kappa shape index (κ3) is 6.36. The number of nitrogens with zero attached hydrogens (tertiary/aromatic N) is 3. The first-order valence-corrected chi connectivity index (χ1v) is 12.1. The van der Waals surface area contributed by atoms with Gasteiger partial charge in [0, 0.05) is 22.8 Å². The molecule has 2 amide bonds. The SMILES string of the molecule is CCn1c(SCC(=O)Nc2cc(Cl)ccc2C)nnc1[C@H](NC(=O)c1ccccc1)C(C)C. The summed E-state index contributed by atoms with van der Waals surface area (Å²) in [6.07, 6.45) is 0. The third-order valence-corrected chi connectivity index (χ3v) is 6.34. The molecule has 1 heterocycles. The molecular formula is C24H28ClN5O2S. The summed E-state index contributed by atoms with van der Waals surface area (Å²) >= 11 is 7.34. The summed E-state index contributed by atoms with van der Waals surface area (Å²) in [4.78, 5) is 25.3. The van der Waals surface area contributed by atoms with Crippen LogP contribution in [0.3, 0.4) is 0 Å². The summed E-state index contributed by atoms with van der Waals surface area (Å²) in [5.41, 5.74) is 2.22. The van der Waals surface area contributed by atoms with E-state index in [1.807, 2.05) is 56.5 Å². The zero-order chi connectivity index (χ0) is 24.0. The smallest absolute Gasteiger partial charge is 0.251 e. The van der Waals surface area contributed by atoms with Crippen molar-refractivity contribution in [1.29, 1.82) is 0 Å². The Morgan fingerprint density at radius 1 is 1.12 bits per heavy atom. The maximum atomic E-state index is 12.7. The Kier molecular flexibility index (Phi) is 8.52. The number of carbonyl (C=O) groups is 2. The summed E-state index contributed by atoms with van der Waals surface area (Å²) in [7, 11) is 0. The van der Waals surface area contributed by atoms with Gasteiger partial charge in [0.05, 0.1) is 11.8 Å². The van der Waals surface area contributed by atoms with Crippen LogP contribution in [-0.4, -0.2) is 32.3 Å². The van der Waals surface area contributed by atoms with Crippen molar-refractivity contribution in [3.63, 3.8) is 0 Å². The zero-order valence-corrected chi connectivity index (χ0v) is 20.7. The lowest BCUT2D eigenvalue weighted by atomic mass is 10.0. The first-order valence-electron chi connectivity index (χ1n) is 10.8. The molecule has 0 radical (unpaired) electrons. The van der Waals surface area contributed by atoms with Crippen LogP contribution in [0.2, 0.25) is 5.02 Å². The monoisotopic (exact) mass is 485 g/mol. The molecule has 0 aliphatic carbocycles. The van der Waals surface area contributed by atoms with E-state index in [2.05, 4.69) is 20.8 Å². The first kappa shape index (κ1) is 24.8. The van der Waals surface area contributed by atoms with Gasteiger partial charge in [-0.3, -0.25) is 9.59 Å². The quantitative estimate of drug-likeness (QED) is 0.411. The maximum absolute atomic E-state index is 12.7. The van der Waals surface area contributed by atoms with E-state index < -0.39 is 0 Å². The van der Waals surface area contributed by atoms with Gasteiger partial charge in [0.25, 0.3) is 5.91 Å². The van der Waals surface area contributed by atoms with Crippen molar-refractivity contribution in [2.24, 2.45) is 5.92 Å². The molecule has 2 N–H and O–H groups in total. The predicted molar refractivity (Wildman–Crippen MR) is 133 cm³/mol. The molecular weight excluding hydrogens is 458 g/mol. The second kappa shape index (κ2) is 11.3. The molecule has 0 aliphatic heterocycles. The standard InChI is InChI=1S/C24H28ClN5O2S/c1-5-30-22(21(15(2)3)27-23(32)17-9-7-6-8-10-17)28-29-24(30)33-14-20(31)26-19-13-18(25)12-11-16(19)4/h6-13,15,21H,5,14H2,1-4H3,(H,26,31)(H,27,32)/t21-/m1/s1. The van der Waals surface area contributed by atoms with Crippen molar-refractivity contribution in [2.75, 3.05) is 11.1 Å². The second-order valence-electron chi connectivity index (χ2n) is 7.94. The molecule has 0 saturated carbocycles. The minimum atomic E-state index is -0.317. The number of anilines is 1. The summed E-state index contributed by atoms with van der Waals surface area (Å²) in [6, 6.07) is 14.2. The maximum Gasteiger partial charge on any atom is 0.251 e. The van der Waals surface area contributed by atoms with Gasteiger partial charge in [-0.05, 0) is 49.6 Å². The Bertz CT molecular complexity index is 1120. The van der Waals surface area contributed by atoms with Crippen molar-refractivity contribution in [3.8, 4) is 0 Å². The Labute approximate surface area is 203 Å². The van der Waals surface area contributed by atoms with Gasteiger partial charge in [-0.2, -0.15) is 0 Å². The number of hydrogen-bond acceptors (Lipinski definition) is 5. The van der Waals surface area contributed by atoms with Gasteiger partial charge < -0.3 is 15.2 Å². The van der Waals surface area contributed by atoms with Gasteiger partial charge in [0.1, 0.15) is 0 Å². The van der Waals surface area contributed by atoms with Gasteiger partial charge in [0.2, 0.25) is 5.91 Å². The normalized spacial score (nSPS) is 11.9. The molecule has 7 nitrogen and oxygen atoms in total. The van der Waals surface area contributed by atoms with Gasteiger partial charge in [-0.1, -0.05) is 61.5 Å². The third-order valence-electron chi connectivity index (χ3n) is 5.14. The van der Waals surface area contributed by atoms with Gasteiger partial charge in [0.15, 0.2) is 11.0 Å². The molecule has 3 rings (SSSR count). The van der Waals surface area contributed by atoms with Crippen LogP contribution in [0, 0.1) is 12.8 Å². The van der Waals surface area contributed by atoms with Crippen molar-refractivity contribution in [3.05, 3.63) is 70.5 Å². The molecule has 0 spiro atoms. The highest BCUT2D eigenvalue weighted by atomic mass is 35.5. The fraction of sp³-hybridized carbons (Fsp3) is 0.333. The Hall–Kier alpha value is -2.84.